The van der Waals surface area contributed by atoms with Crippen molar-refractivity contribution in [1.29, 1.82) is 0 Å². The molecule has 2 aliphatic heterocycles. The van der Waals surface area contributed by atoms with E-state index in [2.05, 4.69) is 34.8 Å². The van der Waals surface area contributed by atoms with Crippen molar-refractivity contribution < 1.29 is 18.8 Å². The van der Waals surface area contributed by atoms with Gasteiger partial charge in [0.2, 0.25) is 17.7 Å². The molecule has 3 heterocycles. The van der Waals surface area contributed by atoms with Crippen LogP contribution in [-0.4, -0.2) is 40.3 Å². The lowest BCUT2D eigenvalue weighted by atomic mass is 9.53. The van der Waals surface area contributed by atoms with Gasteiger partial charge in [0.1, 0.15) is 5.41 Å². The van der Waals surface area contributed by atoms with Gasteiger partial charge in [0.05, 0.1) is 6.04 Å². The number of carbonyl (C=O) groups excluding carboxylic acids is 3. The molecule has 3 atom stereocenters. The van der Waals surface area contributed by atoms with Crippen molar-refractivity contribution in [3.8, 4) is 0 Å². The second-order valence-corrected chi connectivity index (χ2v) is 13.4. The molecular formula is C29H32Cl2FN5O3. The predicted molar refractivity (Wildman–Crippen MR) is 149 cm³/mol. The van der Waals surface area contributed by atoms with Crippen LogP contribution in [-0.2, 0) is 19.8 Å². The number of hydrogen-bond donors (Lipinski definition) is 4. The Morgan fingerprint density at radius 2 is 1.82 bits per heavy atom. The summed E-state index contributed by atoms with van der Waals surface area (Å²) < 4.78 is 15.9. The zero-order valence-corrected chi connectivity index (χ0v) is 23.8. The van der Waals surface area contributed by atoms with Crippen LogP contribution in [0.4, 0.5) is 10.1 Å². The molecule has 1 aromatic heterocycles. The van der Waals surface area contributed by atoms with Crippen molar-refractivity contribution >= 4 is 46.6 Å². The van der Waals surface area contributed by atoms with E-state index in [0.29, 0.717) is 42.0 Å². The molecule has 5 N–H and O–H groups in total. The number of pyridine rings is 1. The highest BCUT2D eigenvalue weighted by Crippen LogP contribution is 2.64. The third-order valence-corrected chi connectivity index (χ3v) is 10.3. The van der Waals surface area contributed by atoms with Crippen LogP contribution in [0.3, 0.4) is 0 Å². The zero-order valence-electron chi connectivity index (χ0n) is 22.3. The fraction of sp³-hybridized carbons (Fsp3) is 0.517. The Morgan fingerprint density at radius 3 is 2.50 bits per heavy atom. The summed E-state index contributed by atoms with van der Waals surface area (Å²) in [5.41, 5.74) is 4.68. The van der Waals surface area contributed by atoms with Crippen molar-refractivity contribution in [2.45, 2.75) is 81.3 Å². The monoisotopic (exact) mass is 587 g/mol. The average molecular weight is 589 g/mol. The van der Waals surface area contributed by atoms with E-state index >= 15 is 4.39 Å². The van der Waals surface area contributed by atoms with Gasteiger partial charge >= 0.3 is 0 Å². The molecule has 212 valence electrons. The van der Waals surface area contributed by atoms with Crippen LogP contribution in [0.25, 0.3) is 0 Å². The number of halogens is 3. The van der Waals surface area contributed by atoms with Crippen LogP contribution in [0.2, 0.25) is 10.2 Å². The number of amides is 3. The van der Waals surface area contributed by atoms with Crippen LogP contribution in [0.5, 0.6) is 0 Å². The smallest absolute Gasteiger partial charge is 0.238 e. The Labute approximate surface area is 241 Å². The maximum Gasteiger partial charge on any atom is 0.238 e. The Balaban J connectivity index is 1.53. The van der Waals surface area contributed by atoms with Crippen molar-refractivity contribution in [3.05, 3.63) is 57.6 Å². The standard InChI is InChI=1S/C29H32Cl2FN5O3/c1-27(2)6-8-28(9-7-27)29(18-4-3-15(30)13-19(18)36-26(29)40)20(17-5-10-34-23(31)21(17)32)22(37-28)25(39)35-16-11-14(12-16)24(33)38/h3-5,10,13-14,16,20,22,37H,6-9,11-12H2,1-2H3,(H2,33,38)(H,35,39)(H,36,40)/t14?,16?,20-,22+,29+/m0/s1. The third kappa shape index (κ3) is 3.96. The highest BCUT2D eigenvalue weighted by Gasteiger charge is 2.73. The van der Waals surface area contributed by atoms with Gasteiger partial charge in [-0.1, -0.05) is 43.1 Å². The van der Waals surface area contributed by atoms with E-state index in [0.717, 1.165) is 12.8 Å². The first-order valence-electron chi connectivity index (χ1n) is 13.7. The summed E-state index contributed by atoms with van der Waals surface area (Å²) >= 11 is 12.5. The number of fused-ring (bicyclic) bond motifs is 3. The molecule has 2 spiro atoms. The molecule has 2 aromatic rings. The molecule has 0 bridgehead atoms. The fourth-order valence-corrected chi connectivity index (χ4v) is 7.92. The summed E-state index contributed by atoms with van der Waals surface area (Å²) in [4.78, 5) is 43.9. The van der Waals surface area contributed by atoms with Gasteiger partial charge in [0.25, 0.3) is 0 Å². The van der Waals surface area contributed by atoms with Crippen molar-refractivity contribution in [2.24, 2.45) is 17.1 Å². The van der Waals surface area contributed by atoms with Gasteiger partial charge in [-0.15, -0.1) is 0 Å². The number of carbonyl (C=O) groups is 3. The lowest BCUT2D eigenvalue weighted by Crippen LogP contribution is -2.61. The normalized spacial score (nSPS) is 31.5. The van der Waals surface area contributed by atoms with Gasteiger partial charge in [0, 0.05) is 40.3 Å². The molecule has 8 nitrogen and oxygen atoms in total. The lowest BCUT2D eigenvalue weighted by molar-refractivity contribution is -0.129. The highest BCUT2D eigenvalue weighted by molar-refractivity contribution is 6.31. The van der Waals surface area contributed by atoms with E-state index in [1.807, 2.05) is 6.07 Å². The van der Waals surface area contributed by atoms with E-state index in [9.17, 15) is 14.4 Å². The molecule has 3 fully saturated rings. The minimum absolute atomic E-state index is 0.0444. The molecule has 1 saturated heterocycles. The average Bonchev–Trinajstić information content (AvgIpc) is 3.32. The van der Waals surface area contributed by atoms with E-state index < -0.39 is 34.6 Å². The summed E-state index contributed by atoms with van der Waals surface area (Å²) in [7, 11) is 0. The fourth-order valence-electron chi connectivity index (χ4n) is 7.59. The number of benzene rings is 1. The highest BCUT2D eigenvalue weighted by atomic mass is 35.5. The van der Waals surface area contributed by atoms with Crippen molar-refractivity contribution in [2.75, 3.05) is 5.32 Å². The molecule has 2 aliphatic carbocycles. The number of aromatic nitrogens is 1. The van der Waals surface area contributed by atoms with Crippen LogP contribution in [0.1, 0.15) is 69.4 Å². The second-order valence-electron chi connectivity index (χ2n) is 12.6. The SMILES string of the molecule is CC1(C)CCC2(CC1)N[C@@H](C(=O)NC1CC(C(N)=O)C1)[C@H](c1ccnc(Cl)c1F)[C@]21C(=O)Nc2cc(Cl)ccc21. The van der Waals surface area contributed by atoms with E-state index in [-0.39, 0.29) is 39.9 Å². The molecule has 40 heavy (non-hydrogen) atoms. The Bertz CT molecular complexity index is 1420. The molecule has 6 rings (SSSR count). The molecule has 11 heteroatoms. The van der Waals surface area contributed by atoms with Gasteiger partial charge in [-0.25, -0.2) is 9.37 Å². The Hall–Kier alpha value is -2.75. The first-order chi connectivity index (χ1) is 18.9. The summed E-state index contributed by atoms with van der Waals surface area (Å²) in [6.07, 6.45) is 5.10. The summed E-state index contributed by atoms with van der Waals surface area (Å²) in [5, 5.41) is 9.81. The lowest BCUT2D eigenvalue weighted by Gasteiger charge is -2.50. The van der Waals surface area contributed by atoms with Gasteiger partial charge < -0.3 is 16.4 Å². The number of nitrogens with one attached hydrogen (secondary N) is 3. The Kier molecular flexibility index (Phi) is 6.44. The van der Waals surface area contributed by atoms with Crippen LogP contribution < -0.4 is 21.7 Å². The minimum atomic E-state index is -1.33. The molecule has 4 aliphatic rings. The number of anilines is 1. The van der Waals surface area contributed by atoms with Gasteiger partial charge in [-0.05, 0) is 73.3 Å². The van der Waals surface area contributed by atoms with Gasteiger partial charge in [-0.3, -0.25) is 19.7 Å². The number of rotatable bonds is 4. The maximum absolute atomic E-state index is 15.9. The number of nitrogens with two attached hydrogens (primary N) is 1. The van der Waals surface area contributed by atoms with Crippen LogP contribution >= 0.6 is 23.2 Å². The topological polar surface area (TPSA) is 126 Å². The largest absolute Gasteiger partial charge is 0.369 e. The Morgan fingerprint density at radius 1 is 1.12 bits per heavy atom. The quantitative estimate of drug-likeness (QED) is 0.399. The second kappa shape index (κ2) is 9.39. The maximum atomic E-state index is 15.9. The molecule has 1 aromatic carbocycles. The first-order valence-corrected chi connectivity index (χ1v) is 14.4. The number of primary amides is 1. The summed E-state index contributed by atoms with van der Waals surface area (Å²) in [6, 6.07) is 5.55. The molecule has 0 unspecified atom stereocenters. The van der Waals surface area contributed by atoms with Gasteiger partial charge in [0.15, 0.2) is 11.0 Å². The summed E-state index contributed by atoms with van der Waals surface area (Å²) in [5.74, 6) is -3.04. The van der Waals surface area contributed by atoms with Crippen molar-refractivity contribution in [3.63, 3.8) is 0 Å². The van der Waals surface area contributed by atoms with Gasteiger partial charge in [-0.2, -0.15) is 0 Å². The third-order valence-electron chi connectivity index (χ3n) is 9.84. The van der Waals surface area contributed by atoms with E-state index in [1.54, 1.807) is 12.1 Å². The first kappa shape index (κ1) is 27.4. The molecule has 2 saturated carbocycles. The molecule has 3 amide bonds. The zero-order chi connectivity index (χ0) is 28.6. The number of hydrogen-bond acceptors (Lipinski definition) is 5. The molecular weight excluding hydrogens is 556 g/mol. The minimum Gasteiger partial charge on any atom is -0.369 e. The van der Waals surface area contributed by atoms with Crippen LogP contribution in [0, 0.1) is 17.2 Å². The predicted octanol–water partition coefficient (Wildman–Crippen LogP) is 4.19. The van der Waals surface area contributed by atoms with Crippen molar-refractivity contribution in [1.82, 2.24) is 15.6 Å². The van der Waals surface area contributed by atoms with Crippen LogP contribution in [0.15, 0.2) is 30.5 Å². The van der Waals surface area contributed by atoms with E-state index in [4.69, 9.17) is 28.9 Å². The number of nitrogens with zero attached hydrogens (tertiary/aromatic N) is 1. The summed E-state index contributed by atoms with van der Waals surface area (Å²) in [6.45, 7) is 4.39. The molecule has 0 radical (unpaired) electrons. The van der Waals surface area contributed by atoms with E-state index in [1.165, 1.54) is 12.3 Å².